The second-order valence-corrected chi connectivity index (χ2v) is 9.04. The molecule has 0 saturated heterocycles. The van der Waals surface area contributed by atoms with Crippen LogP contribution in [0, 0.1) is 5.82 Å². The fraction of sp³-hybridized carbons (Fsp3) is 0.280. The number of aryl methyl sites for hydroxylation is 2. The number of nitrogens with zero attached hydrogens (tertiary/aromatic N) is 1. The summed E-state index contributed by atoms with van der Waals surface area (Å²) in [5.41, 5.74) is 2.76. The van der Waals surface area contributed by atoms with Gasteiger partial charge in [0.2, 0.25) is 0 Å². The van der Waals surface area contributed by atoms with Gasteiger partial charge in [0.1, 0.15) is 28.8 Å². The van der Waals surface area contributed by atoms with Crippen molar-refractivity contribution in [2.24, 2.45) is 0 Å². The summed E-state index contributed by atoms with van der Waals surface area (Å²) in [4.78, 5) is 22.8. The van der Waals surface area contributed by atoms with Crippen LogP contribution in [0.25, 0.3) is 21.6 Å². The molecule has 0 atom stereocenters. The number of nitrogens with one attached hydrogen (secondary N) is 1. The number of aromatic nitrogens is 2. The van der Waals surface area contributed by atoms with Gasteiger partial charge in [0, 0.05) is 10.4 Å². The summed E-state index contributed by atoms with van der Waals surface area (Å²) in [7, 11) is 0. The second kappa shape index (κ2) is 8.63. The predicted molar refractivity (Wildman–Crippen MR) is 122 cm³/mol. The van der Waals surface area contributed by atoms with E-state index < -0.39 is 0 Å². The summed E-state index contributed by atoms with van der Waals surface area (Å²) in [6.07, 6.45) is 6.82. The van der Waals surface area contributed by atoms with E-state index in [-0.39, 0.29) is 11.4 Å². The van der Waals surface area contributed by atoms with E-state index in [1.54, 1.807) is 17.4 Å². The molecule has 158 valence electrons. The fourth-order valence-electron chi connectivity index (χ4n) is 4.16. The van der Waals surface area contributed by atoms with Crippen LogP contribution in [0.15, 0.2) is 53.3 Å². The lowest BCUT2D eigenvalue weighted by Crippen LogP contribution is -2.10. The van der Waals surface area contributed by atoms with E-state index in [4.69, 9.17) is 9.72 Å². The highest BCUT2D eigenvalue weighted by Crippen LogP contribution is 2.33. The Morgan fingerprint density at radius 3 is 2.65 bits per heavy atom. The molecule has 4 nitrogen and oxygen atoms in total. The number of thiophene rings is 1. The lowest BCUT2D eigenvalue weighted by Gasteiger charge is -2.09. The van der Waals surface area contributed by atoms with Crippen molar-refractivity contribution in [1.82, 2.24) is 9.97 Å². The van der Waals surface area contributed by atoms with E-state index in [2.05, 4.69) is 4.98 Å². The lowest BCUT2D eigenvalue weighted by molar-refractivity contribution is 0.305. The molecule has 2 heterocycles. The van der Waals surface area contributed by atoms with Gasteiger partial charge in [-0.2, -0.15) is 0 Å². The van der Waals surface area contributed by atoms with E-state index in [9.17, 15) is 9.18 Å². The van der Waals surface area contributed by atoms with Crippen LogP contribution in [0.3, 0.4) is 0 Å². The zero-order chi connectivity index (χ0) is 21.2. The summed E-state index contributed by atoms with van der Waals surface area (Å²) in [6.45, 7) is 0.291. The quantitative estimate of drug-likeness (QED) is 0.427. The number of ether oxygens (including phenoxy) is 1. The van der Waals surface area contributed by atoms with Crippen LogP contribution >= 0.6 is 11.3 Å². The number of hydrogen-bond donors (Lipinski definition) is 1. The highest BCUT2D eigenvalue weighted by Gasteiger charge is 2.18. The molecular weight excluding hydrogens is 411 g/mol. The van der Waals surface area contributed by atoms with Crippen molar-refractivity contribution in [1.29, 1.82) is 0 Å². The zero-order valence-corrected chi connectivity index (χ0v) is 17.9. The van der Waals surface area contributed by atoms with Gasteiger partial charge in [-0.05, 0) is 73.2 Å². The first-order chi connectivity index (χ1) is 15.2. The summed E-state index contributed by atoms with van der Waals surface area (Å²) in [5, 5.41) is 0.778. The average molecular weight is 435 g/mol. The molecule has 2 aromatic heterocycles. The first-order valence-electron chi connectivity index (χ1n) is 10.7. The molecule has 0 fully saturated rings. The van der Waals surface area contributed by atoms with Crippen LogP contribution in [0.1, 0.15) is 41.7 Å². The zero-order valence-electron chi connectivity index (χ0n) is 17.1. The molecule has 0 saturated carbocycles. The third-order valence-electron chi connectivity index (χ3n) is 5.75. The van der Waals surface area contributed by atoms with Gasteiger partial charge in [0.15, 0.2) is 0 Å². The minimum Gasteiger partial charge on any atom is -0.489 e. The topological polar surface area (TPSA) is 55.0 Å². The monoisotopic (exact) mass is 434 g/mol. The minimum atomic E-state index is -0.275. The molecule has 4 aromatic rings. The van der Waals surface area contributed by atoms with Crippen LogP contribution in [0.4, 0.5) is 4.39 Å². The van der Waals surface area contributed by atoms with Gasteiger partial charge >= 0.3 is 0 Å². The van der Waals surface area contributed by atoms with Gasteiger partial charge in [-0.25, -0.2) is 9.37 Å². The molecule has 1 aliphatic rings. The van der Waals surface area contributed by atoms with Gasteiger partial charge in [-0.3, -0.25) is 4.79 Å². The van der Waals surface area contributed by atoms with Crippen molar-refractivity contribution < 1.29 is 9.13 Å². The number of aromatic amines is 1. The van der Waals surface area contributed by atoms with Gasteiger partial charge < -0.3 is 9.72 Å². The Morgan fingerprint density at radius 1 is 1.03 bits per heavy atom. The average Bonchev–Trinajstić information content (AvgIpc) is 3.09. The first kappa shape index (κ1) is 19.9. The number of halogens is 1. The number of H-pyrrole nitrogens is 1. The standard InChI is InChI=1S/C25H23FN2O2S/c26-18-7-5-6-16(14-18)15-30-19-12-10-17(11-13-19)23-27-24(29)22-20-8-3-1-2-4-9-21(20)31-25(22)28-23/h5-7,10-14H,1-4,8-9,15H2,(H,27,28,29). The molecule has 0 amide bonds. The van der Waals surface area contributed by atoms with Crippen LogP contribution in [0.2, 0.25) is 0 Å². The summed E-state index contributed by atoms with van der Waals surface area (Å²) < 4.78 is 19.1. The number of hydrogen-bond acceptors (Lipinski definition) is 4. The fourth-order valence-corrected chi connectivity index (χ4v) is 5.42. The van der Waals surface area contributed by atoms with Crippen molar-refractivity contribution >= 4 is 21.6 Å². The van der Waals surface area contributed by atoms with Crippen molar-refractivity contribution in [3.63, 3.8) is 0 Å². The largest absolute Gasteiger partial charge is 0.489 e. The molecule has 1 N–H and O–H groups in total. The Labute approximate surface area is 183 Å². The molecule has 0 spiro atoms. The number of rotatable bonds is 4. The third-order valence-corrected chi connectivity index (χ3v) is 6.93. The van der Waals surface area contributed by atoms with E-state index in [0.29, 0.717) is 18.2 Å². The van der Waals surface area contributed by atoms with Gasteiger partial charge in [-0.15, -0.1) is 11.3 Å². The lowest BCUT2D eigenvalue weighted by atomic mass is 9.98. The van der Waals surface area contributed by atoms with Crippen LogP contribution < -0.4 is 10.3 Å². The Balaban J connectivity index is 1.39. The first-order valence-corrected chi connectivity index (χ1v) is 11.5. The van der Waals surface area contributed by atoms with Crippen molar-refractivity contribution in [3.05, 3.63) is 80.7 Å². The van der Waals surface area contributed by atoms with E-state index in [1.165, 1.54) is 41.8 Å². The summed E-state index contributed by atoms with van der Waals surface area (Å²) in [5.74, 6) is 0.974. The smallest absolute Gasteiger partial charge is 0.260 e. The van der Waals surface area contributed by atoms with Crippen molar-refractivity contribution in [3.8, 4) is 17.1 Å². The molecule has 0 aliphatic heterocycles. The Hall–Kier alpha value is -2.99. The highest BCUT2D eigenvalue weighted by molar-refractivity contribution is 7.18. The maximum Gasteiger partial charge on any atom is 0.260 e. The van der Waals surface area contributed by atoms with E-state index in [0.717, 1.165) is 40.6 Å². The molecular formula is C25H23FN2O2S. The molecule has 2 aromatic carbocycles. The van der Waals surface area contributed by atoms with E-state index >= 15 is 0 Å². The van der Waals surface area contributed by atoms with Crippen LogP contribution in [-0.4, -0.2) is 9.97 Å². The van der Waals surface area contributed by atoms with Gasteiger partial charge in [-0.1, -0.05) is 25.0 Å². The van der Waals surface area contributed by atoms with Crippen molar-refractivity contribution in [2.45, 2.75) is 45.1 Å². The third kappa shape index (κ3) is 4.26. The maximum atomic E-state index is 13.3. The SMILES string of the molecule is O=c1[nH]c(-c2ccc(OCc3cccc(F)c3)cc2)nc2sc3c(c12)CCCCCC3. The van der Waals surface area contributed by atoms with Gasteiger partial charge in [0.05, 0.1) is 5.39 Å². The minimum absolute atomic E-state index is 0.0514. The number of fused-ring (bicyclic) bond motifs is 3. The van der Waals surface area contributed by atoms with Crippen LogP contribution in [0.5, 0.6) is 5.75 Å². The maximum absolute atomic E-state index is 13.3. The van der Waals surface area contributed by atoms with E-state index in [1.807, 2.05) is 30.3 Å². The normalized spacial score (nSPS) is 14.1. The molecule has 1 aliphatic carbocycles. The Morgan fingerprint density at radius 2 is 1.84 bits per heavy atom. The number of benzene rings is 2. The molecule has 0 unspecified atom stereocenters. The molecule has 0 bridgehead atoms. The summed E-state index contributed by atoms with van der Waals surface area (Å²) >= 11 is 1.67. The molecule has 31 heavy (non-hydrogen) atoms. The highest BCUT2D eigenvalue weighted by atomic mass is 32.1. The Kier molecular flexibility index (Phi) is 5.55. The van der Waals surface area contributed by atoms with Gasteiger partial charge in [0.25, 0.3) is 5.56 Å². The predicted octanol–water partition coefficient (Wildman–Crippen LogP) is 6.03. The second-order valence-electron chi connectivity index (χ2n) is 7.96. The van der Waals surface area contributed by atoms with Crippen LogP contribution in [-0.2, 0) is 19.4 Å². The molecule has 0 radical (unpaired) electrons. The molecule has 6 heteroatoms. The summed E-state index contributed by atoms with van der Waals surface area (Å²) in [6, 6.07) is 13.8. The van der Waals surface area contributed by atoms with Crippen molar-refractivity contribution in [2.75, 3.05) is 0 Å². The Bertz CT molecular complexity index is 1280. The molecule has 5 rings (SSSR count).